The number of rotatable bonds is 24. The predicted molar refractivity (Wildman–Crippen MR) is 162 cm³/mol. The van der Waals surface area contributed by atoms with Crippen LogP contribution in [-0.2, 0) is 9.47 Å². The maximum atomic E-state index is 12.8. The number of aliphatic hydroxyl groups excluding tert-OH is 1. The van der Waals surface area contributed by atoms with E-state index < -0.39 is 12.5 Å². The Kier molecular flexibility index (Phi) is 18.6. The molecule has 1 aromatic carbocycles. The number of unbranched alkanes of at least 4 members (excludes halogenated alkanes) is 12. The molecule has 0 radical (unpaired) electrons. The van der Waals surface area contributed by atoms with E-state index in [1.807, 2.05) is 18.2 Å². The number of nitrogens with zero attached hydrogens (tertiary/aromatic N) is 1. The van der Waals surface area contributed by atoms with Crippen molar-refractivity contribution in [3.8, 4) is 0 Å². The lowest BCUT2D eigenvalue weighted by atomic mass is 10.1. The van der Waals surface area contributed by atoms with Gasteiger partial charge in [0.15, 0.2) is 12.5 Å². The van der Waals surface area contributed by atoms with Crippen LogP contribution in [-0.4, -0.2) is 42.0 Å². The van der Waals surface area contributed by atoms with E-state index >= 15 is 0 Å². The third kappa shape index (κ3) is 13.8. The highest BCUT2D eigenvalue weighted by Crippen LogP contribution is 2.31. The van der Waals surface area contributed by atoms with Gasteiger partial charge in [0.2, 0.25) is 0 Å². The van der Waals surface area contributed by atoms with Crippen molar-refractivity contribution in [1.29, 1.82) is 0 Å². The Labute approximate surface area is 238 Å². The molecule has 220 valence electrons. The molecule has 1 aliphatic heterocycles. The van der Waals surface area contributed by atoms with Crippen LogP contribution in [0.25, 0.3) is 0 Å². The Bertz CT molecular complexity index is 821. The molecule has 0 fully saturated rings. The van der Waals surface area contributed by atoms with Crippen molar-refractivity contribution in [1.82, 2.24) is 4.90 Å². The Morgan fingerprint density at radius 2 is 1.31 bits per heavy atom. The zero-order valence-electron chi connectivity index (χ0n) is 24.8. The first kappa shape index (κ1) is 33.3. The first-order valence-corrected chi connectivity index (χ1v) is 15.8. The Morgan fingerprint density at radius 3 is 1.95 bits per heavy atom. The molecule has 1 aliphatic rings. The molecule has 2 rings (SSSR count). The lowest BCUT2D eigenvalue weighted by molar-refractivity contribution is -0.160. The summed E-state index contributed by atoms with van der Waals surface area (Å²) in [5, 5.41) is 10.7. The fourth-order valence-corrected chi connectivity index (χ4v) is 4.90. The van der Waals surface area contributed by atoms with E-state index in [-0.39, 0.29) is 12.5 Å². The lowest BCUT2D eigenvalue weighted by Crippen LogP contribution is -2.38. The molecule has 1 aromatic rings. The third-order valence-corrected chi connectivity index (χ3v) is 7.32. The summed E-state index contributed by atoms with van der Waals surface area (Å²) in [4.78, 5) is 14.3. The molecule has 1 N–H and O–H groups in total. The van der Waals surface area contributed by atoms with E-state index in [1.165, 1.54) is 75.5 Å². The Balaban J connectivity index is 1.58. The van der Waals surface area contributed by atoms with Gasteiger partial charge in [-0.05, 0) is 51.0 Å². The van der Waals surface area contributed by atoms with E-state index in [4.69, 9.17) is 9.47 Å². The summed E-state index contributed by atoms with van der Waals surface area (Å²) in [5.74, 6) is -0.157. The fourth-order valence-electron chi connectivity index (χ4n) is 4.90. The number of hydrogen-bond acceptors (Lipinski definition) is 4. The normalized spacial score (nSPS) is 16.1. The standard InChI is InChI=1S/C34H55NO4/c1-3-5-7-9-10-11-12-13-14-15-16-17-18-19-20-24-28-39-32(38-27-23-8-6-4-2)29-35-33(36)30-25-21-22-26-31(30)34(35)37/h10-11,13-14,21-22,25-26,32-33,36H,3-9,12,15-20,23-24,27-29H2,1-2H3/b11-10-,14-13-. The average molecular weight is 542 g/mol. The van der Waals surface area contributed by atoms with E-state index in [0.29, 0.717) is 24.3 Å². The number of ether oxygens (including phenoxy) is 2. The van der Waals surface area contributed by atoms with Gasteiger partial charge in [-0.3, -0.25) is 4.79 Å². The number of benzene rings is 1. The molecule has 0 saturated carbocycles. The number of fused-ring (bicyclic) bond motifs is 1. The minimum Gasteiger partial charge on any atom is -0.369 e. The molecule has 0 spiro atoms. The Morgan fingerprint density at radius 1 is 0.769 bits per heavy atom. The van der Waals surface area contributed by atoms with Gasteiger partial charge < -0.3 is 19.5 Å². The first-order valence-electron chi connectivity index (χ1n) is 15.8. The fraction of sp³-hybridized carbons (Fsp3) is 0.676. The van der Waals surface area contributed by atoms with Crippen LogP contribution in [0, 0.1) is 0 Å². The van der Waals surface area contributed by atoms with Gasteiger partial charge in [-0.2, -0.15) is 0 Å². The minimum atomic E-state index is -0.939. The quantitative estimate of drug-likeness (QED) is 0.0806. The van der Waals surface area contributed by atoms with Gasteiger partial charge in [-0.25, -0.2) is 0 Å². The van der Waals surface area contributed by atoms with Crippen LogP contribution < -0.4 is 0 Å². The van der Waals surface area contributed by atoms with Crippen LogP contribution in [0.5, 0.6) is 0 Å². The number of aliphatic hydroxyl groups is 1. The minimum absolute atomic E-state index is 0.157. The molecule has 2 atom stereocenters. The molecule has 1 amide bonds. The zero-order chi connectivity index (χ0) is 28.0. The molecular weight excluding hydrogens is 486 g/mol. The molecule has 0 saturated heterocycles. The highest BCUT2D eigenvalue weighted by Gasteiger charge is 2.36. The Hall–Kier alpha value is -1.95. The van der Waals surface area contributed by atoms with Crippen molar-refractivity contribution in [3.05, 3.63) is 59.7 Å². The highest BCUT2D eigenvalue weighted by atomic mass is 16.7. The summed E-state index contributed by atoms with van der Waals surface area (Å²) in [6, 6.07) is 7.26. The van der Waals surface area contributed by atoms with Gasteiger partial charge in [0.1, 0.15) is 0 Å². The predicted octanol–water partition coefficient (Wildman–Crippen LogP) is 8.89. The summed E-state index contributed by atoms with van der Waals surface area (Å²) < 4.78 is 12.1. The molecular formula is C34H55NO4. The zero-order valence-corrected chi connectivity index (χ0v) is 24.8. The molecule has 39 heavy (non-hydrogen) atoms. The summed E-state index contributed by atoms with van der Waals surface area (Å²) in [6.45, 7) is 5.90. The highest BCUT2D eigenvalue weighted by molar-refractivity contribution is 5.98. The van der Waals surface area contributed by atoms with E-state index in [9.17, 15) is 9.90 Å². The van der Waals surface area contributed by atoms with Crippen molar-refractivity contribution in [2.45, 2.75) is 129 Å². The van der Waals surface area contributed by atoms with Gasteiger partial charge in [0.25, 0.3) is 5.91 Å². The molecule has 0 bridgehead atoms. The summed E-state index contributed by atoms with van der Waals surface area (Å²) >= 11 is 0. The molecule has 5 heteroatoms. The molecule has 1 heterocycles. The first-order chi connectivity index (χ1) is 19.2. The van der Waals surface area contributed by atoms with Gasteiger partial charge in [0.05, 0.1) is 6.54 Å². The molecule has 0 aliphatic carbocycles. The van der Waals surface area contributed by atoms with Gasteiger partial charge in [0, 0.05) is 24.3 Å². The third-order valence-electron chi connectivity index (χ3n) is 7.32. The lowest BCUT2D eigenvalue weighted by Gasteiger charge is -2.27. The number of amides is 1. The van der Waals surface area contributed by atoms with E-state index in [1.54, 1.807) is 6.07 Å². The van der Waals surface area contributed by atoms with Crippen LogP contribution in [0.2, 0.25) is 0 Å². The maximum Gasteiger partial charge on any atom is 0.256 e. The average Bonchev–Trinajstić information content (AvgIpc) is 3.19. The van der Waals surface area contributed by atoms with Crippen LogP contribution in [0.15, 0.2) is 48.6 Å². The molecule has 0 aromatic heterocycles. The van der Waals surface area contributed by atoms with Crippen LogP contribution >= 0.6 is 0 Å². The monoisotopic (exact) mass is 541 g/mol. The van der Waals surface area contributed by atoms with Gasteiger partial charge in [-0.15, -0.1) is 0 Å². The van der Waals surface area contributed by atoms with Crippen molar-refractivity contribution >= 4 is 5.91 Å². The number of hydrogen-bond donors (Lipinski definition) is 1. The van der Waals surface area contributed by atoms with Crippen molar-refractivity contribution < 1.29 is 19.4 Å². The van der Waals surface area contributed by atoms with Gasteiger partial charge in [-0.1, -0.05) is 114 Å². The summed E-state index contributed by atoms with van der Waals surface area (Å²) in [6.07, 6.45) is 26.8. The second kappa shape index (κ2) is 21.8. The topological polar surface area (TPSA) is 59.0 Å². The summed E-state index contributed by atoms with van der Waals surface area (Å²) in [5.41, 5.74) is 1.23. The van der Waals surface area contributed by atoms with Crippen LogP contribution in [0.3, 0.4) is 0 Å². The maximum absolute atomic E-state index is 12.8. The summed E-state index contributed by atoms with van der Waals surface area (Å²) in [7, 11) is 0. The second-order valence-electron chi connectivity index (χ2n) is 10.7. The van der Waals surface area contributed by atoms with Crippen LogP contribution in [0.4, 0.5) is 0 Å². The SMILES string of the molecule is CCCCC/C=C\C/C=C\CCCCCCCCOC(CN1C(=O)c2ccccc2C1O)OCCCCCC. The number of allylic oxidation sites excluding steroid dienone is 4. The number of carbonyl (C=O) groups excluding carboxylic acids is 1. The number of carbonyl (C=O) groups is 1. The van der Waals surface area contributed by atoms with Crippen LogP contribution in [0.1, 0.15) is 139 Å². The molecule has 5 nitrogen and oxygen atoms in total. The van der Waals surface area contributed by atoms with Gasteiger partial charge >= 0.3 is 0 Å². The van der Waals surface area contributed by atoms with Crippen molar-refractivity contribution in [2.24, 2.45) is 0 Å². The van der Waals surface area contributed by atoms with Crippen molar-refractivity contribution in [3.63, 3.8) is 0 Å². The van der Waals surface area contributed by atoms with E-state index in [0.717, 1.165) is 32.1 Å². The molecule has 2 unspecified atom stereocenters. The van der Waals surface area contributed by atoms with Crippen molar-refractivity contribution in [2.75, 3.05) is 19.8 Å². The second-order valence-corrected chi connectivity index (χ2v) is 10.7. The largest absolute Gasteiger partial charge is 0.369 e. The van der Waals surface area contributed by atoms with E-state index in [2.05, 4.69) is 38.2 Å². The smallest absolute Gasteiger partial charge is 0.256 e.